The van der Waals surface area contributed by atoms with E-state index in [9.17, 15) is 0 Å². The van der Waals surface area contributed by atoms with Crippen molar-refractivity contribution in [1.29, 1.82) is 0 Å². The summed E-state index contributed by atoms with van der Waals surface area (Å²) >= 11 is 0. The summed E-state index contributed by atoms with van der Waals surface area (Å²) in [5.41, 5.74) is 6.13. The Bertz CT molecular complexity index is 588. The summed E-state index contributed by atoms with van der Waals surface area (Å²) in [6.07, 6.45) is 3.81. The molecule has 0 N–H and O–H groups in total. The molecular weight excluding hydrogens is 230 g/mol. The van der Waals surface area contributed by atoms with Crippen LogP contribution in [0.2, 0.25) is 0 Å². The number of aryl methyl sites for hydroxylation is 1. The highest BCUT2D eigenvalue weighted by molar-refractivity contribution is 5.65. The van der Waals surface area contributed by atoms with Crippen molar-refractivity contribution in [3.8, 4) is 0 Å². The summed E-state index contributed by atoms with van der Waals surface area (Å²) in [4.78, 5) is 2.60. The van der Waals surface area contributed by atoms with Gasteiger partial charge in [-0.15, -0.1) is 0 Å². The van der Waals surface area contributed by atoms with E-state index >= 15 is 0 Å². The molecule has 4 rings (SSSR count). The van der Waals surface area contributed by atoms with E-state index in [-0.39, 0.29) is 0 Å². The van der Waals surface area contributed by atoms with Crippen molar-refractivity contribution in [1.82, 2.24) is 0 Å². The van der Waals surface area contributed by atoms with Crippen molar-refractivity contribution in [2.45, 2.75) is 25.2 Å². The predicted molar refractivity (Wildman–Crippen MR) is 79.9 cm³/mol. The number of rotatable bonds is 1. The predicted octanol–water partition coefficient (Wildman–Crippen LogP) is 3.97. The molecule has 0 saturated carbocycles. The van der Waals surface area contributed by atoms with E-state index in [1.54, 1.807) is 16.8 Å². The first-order valence-corrected chi connectivity index (χ1v) is 7.35. The van der Waals surface area contributed by atoms with Gasteiger partial charge in [-0.3, -0.25) is 0 Å². The first-order valence-electron chi connectivity index (χ1n) is 7.35. The highest BCUT2D eigenvalue weighted by Gasteiger charge is 2.29. The van der Waals surface area contributed by atoms with Crippen LogP contribution in [0, 0.1) is 0 Å². The van der Waals surface area contributed by atoms with Gasteiger partial charge in [0.1, 0.15) is 0 Å². The maximum atomic E-state index is 2.60. The zero-order valence-corrected chi connectivity index (χ0v) is 11.2. The van der Waals surface area contributed by atoms with Crippen LogP contribution in [0.4, 0.5) is 5.69 Å². The second-order valence-electron chi connectivity index (χ2n) is 5.70. The first-order chi connectivity index (χ1) is 9.43. The normalized spacial score (nSPS) is 21.1. The minimum Gasteiger partial charge on any atom is -0.371 e. The van der Waals surface area contributed by atoms with Gasteiger partial charge in [-0.2, -0.15) is 0 Å². The first kappa shape index (κ1) is 11.1. The van der Waals surface area contributed by atoms with E-state index in [4.69, 9.17) is 0 Å². The summed E-state index contributed by atoms with van der Waals surface area (Å²) in [5.74, 6) is 0.588. The third-order valence-electron chi connectivity index (χ3n) is 4.61. The molecule has 0 spiro atoms. The molecule has 0 amide bonds. The molecule has 0 saturated heterocycles. The molecule has 0 fully saturated rings. The third-order valence-corrected chi connectivity index (χ3v) is 4.61. The van der Waals surface area contributed by atoms with E-state index in [0.29, 0.717) is 5.92 Å². The quantitative estimate of drug-likeness (QED) is 0.739. The van der Waals surface area contributed by atoms with Crippen molar-refractivity contribution in [2.24, 2.45) is 0 Å². The highest BCUT2D eigenvalue weighted by atomic mass is 15.1. The van der Waals surface area contributed by atoms with Crippen LogP contribution in [0.15, 0.2) is 48.5 Å². The van der Waals surface area contributed by atoms with Crippen LogP contribution in [0.3, 0.4) is 0 Å². The largest absolute Gasteiger partial charge is 0.371 e. The monoisotopic (exact) mass is 249 g/mol. The lowest BCUT2D eigenvalue weighted by Crippen LogP contribution is -2.36. The van der Waals surface area contributed by atoms with Crippen LogP contribution in [-0.2, 0) is 6.42 Å². The topological polar surface area (TPSA) is 3.24 Å². The molecule has 1 nitrogen and oxygen atoms in total. The third kappa shape index (κ3) is 1.76. The molecular formula is C18H19N. The summed E-state index contributed by atoms with van der Waals surface area (Å²) in [6.45, 7) is 2.45. The Hall–Kier alpha value is -1.76. The average Bonchev–Trinajstić information content (AvgIpc) is 2.49. The van der Waals surface area contributed by atoms with Crippen LogP contribution in [0.5, 0.6) is 0 Å². The number of benzene rings is 2. The molecule has 2 aromatic rings. The SMILES string of the molecule is c1ccc([C@H]2CCN3CCCc4cccc2c43)cc1. The maximum Gasteiger partial charge on any atom is 0.0437 e. The number of hydrogen-bond acceptors (Lipinski definition) is 1. The lowest BCUT2D eigenvalue weighted by Gasteiger charge is -2.40. The zero-order chi connectivity index (χ0) is 12.7. The van der Waals surface area contributed by atoms with Crippen LogP contribution in [0.1, 0.15) is 35.4 Å². The van der Waals surface area contributed by atoms with Gasteiger partial charge in [0.05, 0.1) is 0 Å². The zero-order valence-electron chi connectivity index (χ0n) is 11.2. The van der Waals surface area contributed by atoms with Gasteiger partial charge in [0.25, 0.3) is 0 Å². The Morgan fingerprint density at radius 3 is 2.68 bits per heavy atom. The summed E-state index contributed by atoms with van der Waals surface area (Å²) in [6, 6.07) is 17.9. The fourth-order valence-corrected chi connectivity index (χ4v) is 3.75. The summed E-state index contributed by atoms with van der Waals surface area (Å²) < 4.78 is 0. The molecule has 2 aliphatic heterocycles. The van der Waals surface area contributed by atoms with Crippen LogP contribution >= 0.6 is 0 Å². The Kier molecular flexibility index (Phi) is 2.58. The molecule has 96 valence electrons. The number of hydrogen-bond donors (Lipinski definition) is 0. The van der Waals surface area contributed by atoms with Gasteiger partial charge in [-0.25, -0.2) is 0 Å². The molecule has 2 aromatic carbocycles. The van der Waals surface area contributed by atoms with Gasteiger partial charge in [-0.05, 0) is 36.0 Å². The van der Waals surface area contributed by atoms with Gasteiger partial charge in [0.2, 0.25) is 0 Å². The number of anilines is 1. The van der Waals surface area contributed by atoms with E-state index in [2.05, 4.69) is 53.4 Å². The number of nitrogens with zero attached hydrogens (tertiary/aromatic N) is 1. The maximum absolute atomic E-state index is 2.60. The fourth-order valence-electron chi connectivity index (χ4n) is 3.75. The second kappa shape index (κ2) is 4.41. The molecule has 2 aliphatic rings. The standard InChI is InChI=1S/C18H19N/c1-2-6-14(7-3-1)16-11-13-19-12-5-9-15-8-4-10-17(16)18(15)19/h1-4,6-8,10,16H,5,9,11-13H2/t16-/m1/s1. The van der Waals surface area contributed by atoms with Crippen molar-refractivity contribution >= 4 is 5.69 Å². The van der Waals surface area contributed by atoms with Crippen molar-refractivity contribution in [3.05, 3.63) is 65.2 Å². The smallest absolute Gasteiger partial charge is 0.0437 e. The molecule has 0 radical (unpaired) electrons. The van der Waals surface area contributed by atoms with Gasteiger partial charge >= 0.3 is 0 Å². The lowest BCUT2D eigenvalue weighted by atomic mass is 9.81. The molecule has 0 bridgehead atoms. The van der Waals surface area contributed by atoms with Crippen LogP contribution in [0.25, 0.3) is 0 Å². The van der Waals surface area contributed by atoms with Crippen molar-refractivity contribution in [2.75, 3.05) is 18.0 Å². The van der Waals surface area contributed by atoms with E-state index in [0.717, 1.165) is 0 Å². The van der Waals surface area contributed by atoms with E-state index in [1.165, 1.54) is 37.9 Å². The molecule has 2 heterocycles. The Morgan fingerprint density at radius 2 is 1.79 bits per heavy atom. The summed E-state index contributed by atoms with van der Waals surface area (Å²) in [5, 5.41) is 0. The van der Waals surface area contributed by atoms with E-state index < -0.39 is 0 Å². The van der Waals surface area contributed by atoms with Crippen molar-refractivity contribution in [3.63, 3.8) is 0 Å². The van der Waals surface area contributed by atoms with Gasteiger partial charge in [-0.1, -0.05) is 48.5 Å². The molecule has 1 atom stereocenters. The molecule has 19 heavy (non-hydrogen) atoms. The Balaban J connectivity index is 1.85. The molecule has 0 unspecified atom stereocenters. The Labute approximate surface area is 114 Å². The molecule has 1 heteroatoms. The van der Waals surface area contributed by atoms with Crippen molar-refractivity contribution < 1.29 is 0 Å². The van der Waals surface area contributed by atoms with E-state index in [1.807, 2.05) is 0 Å². The van der Waals surface area contributed by atoms with Crippen LogP contribution < -0.4 is 4.90 Å². The highest BCUT2D eigenvalue weighted by Crippen LogP contribution is 2.43. The molecule has 0 aliphatic carbocycles. The summed E-state index contributed by atoms with van der Waals surface area (Å²) in [7, 11) is 0. The Morgan fingerprint density at radius 1 is 0.895 bits per heavy atom. The minimum absolute atomic E-state index is 0.588. The second-order valence-corrected chi connectivity index (χ2v) is 5.70. The van der Waals surface area contributed by atoms with Gasteiger partial charge in [0, 0.05) is 24.7 Å². The number of para-hydroxylation sites is 1. The van der Waals surface area contributed by atoms with Gasteiger partial charge in [0.15, 0.2) is 0 Å². The lowest BCUT2D eigenvalue weighted by molar-refractivity contribution is 0.597. The van der Waals surface area contributed by atoms with Crippen LogP contribution in [-0.4, -0.2) is 13.1 Å². The fraction of sp³-hybridized carbons (Fsp3) is 0.333. The van der Waals surface area contributed by atoms with Gasteiger partial charge < -0.3 is 4.90 Å². The average molecular weight is 249 g/mol. The minimum atomic E-state index is 0.588. The molecule has 0 aromatic heterocycles.